The van der Waals surface area contributed by atoms with Crippen LogP contribution in [0.3, 0.4) is 0 Å². The van der Waals surface area contributed by atoms with Crippen LogP contribution in [0, 0.1) is 11.6 Å². The zero-order valence-electron chi connectivity index (χ0n) is 11.3. The summed E-state index contributed by atoms with van der Waals surface area (Å²) in [5.74, 6) is -1.09. The quantitative estimate of drug-likeness (QED) is 0.890. The van der Waals surface area contributed by atoms with Crippen molar-refractivity contribution in [1.82, 2.24) is 0 Å². The number of nitrogens with one attached hydrogen (secondary N) is 2. The Morgan fingerprint density at radius 1 is 1.14 bits per heavy atom. The van der Waals surface area contributed by atoms with Crippen LogP contribution in [0.15, 0.2) is 42.5 Å². The number of amides is 1. The summed E-state index contributed by atoms with van der Waals surface area (Å²) >= 11 is 0. The molecule has 0 aliphatic heterocycles. The number of carbonyl (C=O) groups excluding carboxylic acids is 1. The molecule has 0 spiro atoms. The molecule has 1 amide bonds. The largest absolute Gasteiger partial charge is 0.495 e. The van der Waals surface area contributed by atoms with E-state index < -0.39 is 17.5 Å². The van der Waals surface area contributed by atoms with Gasteiger partial charge in [0.25, 0.3) is 0 Å². The molecule has 0 fully saturated rings. The number of anilines is 2. The van der Waals surface area contributed by atoms with Crippen LogP contribution in [-0.4, -0.2) is 19.6 Å². The second kappa shape index (κ2) is 6.69. The summed E-state index contributed by atoms with van der Waals surface area (Å²) < 4.78 is 31.5. The summed E-state index contributed by atoms with van der Waals surface area (Å²) in [5, 5.41) is 5.17. The van der Waals surface area contributed by atoms with Gasteiger partial charge in [-0.1, -0.05) is 12.1 Å². The molecular weight excluding hydrogens is 278 g/mol. The lowest BCUT2D eigenvalue weighted by molar-refractivity contribution is -0.114. The zero-order chi connectivity index (χ0) is 15.2. The predicted molar refractivity (Wildman–Crippen MR) is 76.5 cm³/mol. The number of carbonyl (C=O) groups is 1. The van der Waals surface area contributed by atoms with E-state index in [1.54, 1.807) is 24.3 Å². The Morgan fingerprint density at radius 3 is 2.67 bits per heavy atom. The highest BCUT2D eigenvalue weighted by Gasteiger charge is 2.08. The SMILES string of the molecule is COc1ccccc1NC(=O)CNc1cc(F)ccc1F. The highest BCUT2D eigenvalue weighted by molar-refractivity contribution is 5.95. The van der Waals surface area contributed by atoms with Gasteiger partial charge in [0.15, 0.2) is 0 Å². The van der Waals surface area contributed by atoms with Crippen molar-refractivity contribution < 1.29 is 18.3 Å². The molecule has 110 valence electrons. The second-order valence-corrected chi connectivity index (χ2v) is 4.23. The first-order valence-corrected chi connectivity index (χ1v) is 6.22. The van der Waals surface area contributed by atoms with Crippen LogP contribution in [0.5, 0.6) is 5.75 Å². The summed E-state index contributed by atoms with van der Waals surface area (Å²) in [6.45, 7) is -0.196. The number of para-hydroxylation sites is 2. The van der Waals surface area contributed by atoms with Gasteiger partial charge in [-0.3, -0.25) is 4.79 Å². The summed E-state index contributed by atoms with van der Waals surface area (Å²) in [6.07, 6.45) is 0. The fraction of sp³-hybridized carbons (Fsp3) is 0.133. The summed E-state index contributed by atoms with van der Waals surface area (Å²) in [7, 11) is 1.49. The topological polar surface area (TPSA) is 50.4 Å². The van der Waals surface area contributed by atoms with Gasteiger partial charge in [0.2, 0.25) is 5.91 Å². The first-order chi connectivity index (χ1) is 10.1. The lowest BCUT2D eigenvalue weighted by Gasteiger charge is -2.11. The maximum atomic E-state index is 13.4. The molecule has 0 saturated carbocycles. The van der Waals surface area contributed by atoms with Crippen molar-refractivity contribution in [3.8, 4) is 5.75 Å². The van der Waals surface area contributed by atoms with E-state index in [0.717, 1.165) is 18.2 Å². The fourth-order valence-corrected chi connectivity index (χ4v) is 1.75. The molecule has 2 rings (SSSR count). The van der Waals surface area contributed by atoms with Gasteiger partial charge in [0.05, 0.1) is 25.0 Å². The van der Waals surface area contributed by atoms with E-state index in [-0.39, 0.29) is 12.2 Å². The number of methoxy groups -OCH3 is 1. The van der Waals surface area contributed by atoms with Crippen LogP contribution in [0.4, 0.5) is 20.2 Å². The number of benzene rings is 2. The van der Waals surface area contributed by atoms with Crippen molar-refractivity contribution >= 4 is 17.3 Å². The molecule has 0 aliphatic carbocycles. The Balaban J connectivity index is 1.97. The van der Waals surface area contributed by atoms with Crippen LogP contribution in [-0.2, 0) is 4.79 Å². The lowest BCUT2D eigenvalue weighted by atomic mass is 10.3. The van der Waals surface area contributed by atoms with Gasteiger partial charge in [-0.2, -0.15) is 0 Å². The third-order valence-electron chi connectivity index (χ3n) is 2.75. The average Bonchev–Trinajstić information content (AvgIpc) is 2.49. The van der Waals surface area contributed by atoms with E-state index in [0.29, 0.717) is 11.4 Å². The van der Waals surface area contributed by atoms with Crippen molar-refractivity contribution in [2.24, 2.45) is 0 Å². The van der Waals surface area contributed by atoms with E-state index in [1.165, 1.54) is 7.11 Å². The van der Waals surface area contributed by atoms with Gasteiger partial charge in [-0.05, 0) is 30.3 Å². The van der Waals surface area contributed by atoms with Gasteiger partial charge >= 0.3 is 0 Å². The van der Waals surface area contributed by atoms with Crippen molar-refractivity contribution in [2.75, 3.05) is 24.3 Å². The molecule has 21 heavy (non-hydrogen) atoms. The standard InChI is InChI=1S/C15H14F2N2O2/c1-21-14-5-3-2-4-12(14)19-15(20)9-18-13-8-10(16)6-7-11(13)17/h2-8,18H,9H2,1H3,(H,19,20). The Labute approximate surface area is 120 Å². The molecule has 0 atom stereocenters. The van der Waals surface area contributed by atoms with Crippen LogP contribution in [0.25, 0.3) is 0 Å². The minimum absolute atomic E-state index is 0.0647. The molecule has 2 aromatic carbocycles. The molecule has 6 heteroatoms. The summed E-state index contributed by atoms with van der Waals surface area (Å²) in [5.41, 5.74) is 0.441. The Morgan fingerprint density at radius 2 is 1.90 bits per heavy atom. The number of ether oxygens (including phenoxy) is 1. The number of hydrogen-bond donors (Lipinski definition) is 2. The molecule has 4 nitrogen and oxygen atoms in total. The van der Waals surface area contributed by atoms with Gasteiger partial charge in [0.1, 0.15) is 17.4 Å². The van der Waals surface area contributed by atoms with Gasteiger partial charge < -0.3 is 15.4 Å². The van der Waals surface area contributed by atoms with Gasteiger partial charge in [-0.25, -0.2) is 8.78 Å². The van der Waals surface area contributed by atoms with Gasteiger partial charge in [0, 0.05) is 0 Å². The lowest BCUT2D eigenvalue weighted by Crippen LogP contribution is -2.22. The van der Waals surface area contributed by atoms with Crippen LogP contribution in [0.1, 0.15) is 0 Å². The van der Waals surface area contributed by atoms with E-state index >= 15 is 0 Å². The van der Waals surface area contributed by atoms with Crippen molar-refractivity contribution in [3.63, 3.8) is 0 Å². The third kappa shape index (κ3) is 3.92. The minimum Gasteiger partial charge on any atom is -0.495 e. The maximum Gasteiger partial charge on any atom is 0.243 e. The molecule has 2 N–H and O–H groups in total. The van der Waals surface area contributed by atoms with E-state index in [1.807, 2.05) is 0 Å². The molecule has 0 heterocycles. The minimum atomic E-state index is -0.624. The smallest absolute Gasteiger partial charge is 0.243 e. The number of halogens is 2. The van der Waals surface area contributed by atoms with E-state index in [9.17, 15) is 13.6 Å². The van der Waals surface area contributed by atoms with Crippen LogP contribution in [0.2, 0.25) is 0 Å². The normalized spacial score (nSPS) is 10.0. The van der Waals surface area contributed by atoms with Crippen molar-refractivity contribution in [2.45, 2.75) is 0 Å². The Bertz CT molecular complexity index is 647. The number of rotatable bonds is 5. The van der Waals surface area contributed by atoms with Gasteiger partial charge in [-0.15, -0.1) is 0 Å². The first-order valence-electron chi connectivity index (χ1n) is 6.22. The zero-order valence-corrected chi connectivity index (χ0v) is 11.3. The van der Waals surface area contributed by atoms with Crippen molar-refractivity contribution in [1.29, 1.82) is 0 Å². The maximum absolute atomic E-state index is 13.4. The van der Waals surface area contributed by atoms with E-state index in [2.05, 4.69) is 10.6 Å². The Hall–Kier alpha value is -2.63. The fourth-order valence-electron chi connectivity index (χ4n) is 1.75. The highest BCUT2D eigenvalue weighted by atomic mass is 19.1. The second-order valence-electron chi connectivity index (χ2n) is 4.23. The van der Waals surface area contributed by atoms with Crippen molar-refractivity contribution in [3.05, 3.63) is 54.1 Å². The van der Waals surface area contributed by atoms with Crippen LogP contribution < -0.4 is 15.4 Å². The van der Waals surface area contributed by atoms with E-state index in [4.69, 9.17) is 4.74 Å². The molecule has 0 unspecified atom stereocenters. The summed E-state index contributed by atoms with van der Waals surface area (Å²) in [4.78, 5) is 11.8. The average molecular weight is 292 g/mol. The highest BCUT2D eigenvalue weighted by Crippen LogP contribution is 2.23. The molecule has 0 saturated heterocycles. The molecule has 0 radical (unpaired) electrons. The molecule has 0 aromatic heterocycles. The number of hydrogen-bond acceptors (Lipinski definition) is 3. The molecule has 0 aliphatic rings. The predicted octanol–water partition coefficient (Wildman–Crippen LogP) is 3.02. The molecule has 0 bridgehead atoms. The third-order valence-corrected chi connectivity index (χ3v) is 2.75. The molecular formula is C15H14F2N2O2. The first kappa shape index (κ1) is 14.8. The summed E-state index contributed by atoms with van der Waals surface area (Å²) in [6, 6.07) is 9.90. The molecule has 2 aromatic rings. The van der Waals surface area contributed by atoms with Crippen LogP contribution >= 0.6 is 0 Å². The Kier molecular flexibility index (Phi) is 4.71. The monoisotopic (exact) mass is 292 g/mol.